The summed E-state index contributed by atoms with van der Waals surface area (Å²) in [6, 6.07) is 0. The largest absolute Gasteiger partial charge is 0.462 e. The Morgan fingerprint density at radius 1 is 1.00 bits per heavy atom. The van der Waals surface area contributed by atoms with Gasteiger partial charge in [0.15, 0.2) is 0 Å². The van der Waals surface area contributed by atoms with Gasteiger partial charge in [-0.1, -0.05) is 40.5 Å². The van der Waals surface area contributed by atoms with Crippen LogP contribution in [0.5, 0.6) is 0 Å². The summed E-state index contributed by atoms with van der Waals surface area (Å²) in [5.41, 5.74) is 0.359. The maximum atomic E-state index is 12.0. The molecule has 31 heavy (non-hydrogen) atoms. The molecule has 0 aromatic heterocycles. The van der Waals surface area contributed by atoms with Crippen molar-refractivity contribution in [1.82, 2.24) is 0 Å². The standard InChI is InChI=1S/C27H44O4/c1-16-7-6-10-25(3)19(16)8-11-26(4)22(25)14-24(29)27(5)20-15-30-12-9-18(20)21(13-23(26)27)31-17(2)28/h16,18-24,29H,6-15H2,1-5H3/t16?,18?,19?,20-,21?,22?,23?,24?,25?,26?,27?/m0/s1. The number of fused-ring (bicyclic) bond motifs is 7. The van der Waals surface area contributed by atoms with E-state index >= 15 is 0 Å². The number of aliphatic hydroxyl groups is 1. The van der Waals surface area contributed by atoms with Crippen LogP contribution in [0.2, 0.25) is 0 Å². The van der Waals surface area contributed by atoms with E-state index in [1.165, 1.54) is 32.1 Å². The second-order valence-electron chi connectivity index (χ2n) is 12.8. The molecule has 10 unspecified atom stereocenters. The van der Waals surface area contributed by atoms with Crippen molar-refractivity contribution < 1.29 is 19.4 Å². The van der Waals surface area contributed by atoms with Gasteiger partial charge >= 0.3 is 5.97 Å². The average molecular weight is 433 g/mol. The Kier molecular flexibility index (Phi) is 5.33. The van der Waals surface area contributed by atoms with Gasteiger partial charge in [0, 0.05) is 24.9 Å². The third-order valence-corrected chi connectivity index (χ3v) is 11.7. The van der Waals surface area contributed by atoms with Crippen molar-refractivity contribution in [3.63, 3.8) is 0 Å². The van der Waals surface area contributed by atoms with Gasteiger partial charge in [-0.15, -0.1) is 0 Å². The number of esters is 1. The maximum absolute atomic E-state index is 12.0. The Labute approximate surface area is 188 Å². The molecule has 0 aromatic carbocycles. The highest BCUT2D eigenvalue weighted by Gasteiger charge is 2.69. The van der Waals surface area contributed by atoms with Crippen LogP contribution in [0.3, 0.4) is 0 Å². The average Bonchev–Trinajstić information content (AvgIpc) is 2.71. The molecule has 1 saturated heterocycles. The lowest BCUT2D eigenvalue weighted by Crippen LogP contribution is -2.69. The van der Waals surface area contributed by atoms with Crippen LogP contribution in [0.4, 0.5) is 0 Å². The van der Waals surface area contributed by atoms with Gasteiger partial charge in [0.1, 0.15) is 6.10 Å². The van der Waals surface area contributed by atoms with Crippen molar-refractivity contribution in [1.29, 1.82) is 0 Å². The molecule has 1 aliphatic heterocycles. The molecule has 1 heterocycles. The predicted molar refractivity (Wildman–Crippen MR) is 120 cm³/mol. The van der Waals surface area contributed by atoms with Gasteiger partial charge in [-0.25, -0.2) is 0 Å². The molecule has 4 aliphatic carbocycles. The maximum Gasteiger partial charge on any atom is 0.302 e. The second kappa shape index (κ2) is 7.45. The van der Waals surface area contributed by atoms with E-state index in [0.717, 1.165) is 37.7 Å². The van der Waals surface area contributed by atoms with Gasteiger partial charge in [-0.05, 0) is 78.9 Å². The molecule has 5 rings (SSSR count). The van der Waals surface area contributed by atoms with Gasteiger partial charge < -0.3 is 14.6 Å². The Hall–Kier alpha value is -0.610. The van der Waals surface area contributed by atoms with Crippen LogP contribution in [-0.4, -0.2) is 36.5 Å². The van der Waals surface area contributed by atoms with Crippen molar-refractivity contribution in [3.8, 4) is 0 Å². The summed E-state index contributed by atoms with van der Waals surface area (Å²) < 4.78 is 12.0. The Morgan fingerprint density at radius 2 is 1.77 bits per heavy atom. The number of aliphatic hydroxyl groups excluding tert-OH is 1. The van der Waals surface area contributed by atoms with Gasteiger partial charge in [0.25, 0.3) is 0 Å². The van der Waals surface area contributed by atoms with E-state index in [9.17, 15) is 9.90 Å². The van der Waals surface area contributed by atoms with Gasteiger partial charge in [-0.3, -0.25) is 4.79 Å². The third kappa shape index (κ3) is 3.02. The van der Waals surface area contributed by atoms with E-state index in [0.29, 0.717) is 29.8 Å². The summed E-state index contributed by atoms with van der Waals surface area (Å²) in [5.74, 6) is 2.93. The van der Waals surface area contributed by atoms with Crippen molar-refractivity contribution in [2.75, 3.05) is 13.2 Å². The Balaban J connectivity index is 1.56. The minimum Gasteiger partial charge on any atom is -0.462 e. The summed E-state index contributed by atoms with van der Waals surface area (Å²) in [6.45, 7) is 12.9. The van der Waals surface area contributed by atoms with E-state index in [2.05, 4.69) is 27.7 Å². The first kappa shape index (κ1) is 22.2. The highest BCUT2D eigenvalue weighted by Crippen LogP contribution is 2.72. The molecule has 0 aromatic rings. The summed E-state index contributed by atoms with van der Waals surface area (Å²) in [4.78, 5) is 12.0. The molecular formula is C27H44O4. The van der Waals surface area contributed by atoms with Crippen LogP contribution in [0.25, 0.3) is 0 Å². The van der Waals surface area contributed by atoms with Crippen LogP contribution < -0.4 is 0 Å². The number of hydrogen-bond acceptors (Lipinski definition) is 4. The van der Waals surface area contributed by atoms with E-state index < -0.39 is 0 Å². The molecule has 4 saturated carbocycles. The Bertz CT molecular complexity index is 722. The predicted octanol–water partition coefficient (Wildman–Crippen LogP) is 5.22. The van der Waals surface area contributed by atoms with Crippen LogP contribution >= 0.6 is 0 Å². The summed E-state index contributed by atoms with van der Waals surface area (Å²) >= 11 is 0. The topological polar surface area (TPSA) is 55.8 Å². The molecular weight excluding hydrogens is 388 g/mol. The fourth-order valence-corrected chi connectivity index (χ4v) is 10.3. The molecule has 1 N–H and O–H groups in total. The zero-order valence-corrected chi connectivity index (χ0v) is 20.4. The minimum absolute atomic E-state index is 0.0249. The van der Waals surface area contributed by atoms with E-state index in [1.54, 1.807) is 6.92 Å². The summed E-state index contributed by atoms with van der Waals surface area (Å²) in [7, 11) is 0. The molecule has 4 heteroatoms. The lowest BCUT2D eigenvalue weighted by atomic mass is 9.34. The summed E-state index contributed by atoms with van der Waals surface area (Å²) in [6.07, 6.45) is 9.03. The molecule has 0 bridgehead atoms. The zero-order chi connectivity index (χ0) is 22.2. The molecule has 0 radical (unpaired) electrons. The van der Waals surface area contributed by atoms with E-state index in [1.807, 2.05) is 0 Å². The lowest BCUT2D eigenvalue weighted by Gasteiger charge is -2.71. The van der Waals surface area contributed by atoms with E-state index in [-0.39, 0.29) is 34.9 Å². The normalized spacial score (nSPS) is 56.5. The number of carbonyl (C=O) groups is 1. The van der Waals surface area contributed by atoms with Gasteiger partial charge in [0.2, 0.25) is 0 Å². The van der Waals surface area contributed by atoms with Gasteiger partial charge in [0.05, 0.1) is 12.7 Å². The van der Waals surface area contributed by atoms with Crippen molar-refractivity contribution in [3.05, 3.63) is 0 Å². The van der Waals surface area contributed by atoms with E-state index in [4.69, 9.17) is 9.47 Å². The zero-order valence-electron chi connectivity index (χ0n) is 20.4. The fourth-order valence-electron chi connectivity index (χ4n) is 10.3. The molecule has 5 aliphatic rings. The van der Waals surface area contributed by atoms with Crippen molar-refractivity contribution >= 4 is 5.97 Å². The summed E-state index contributed by atoms with van der Waals surface area (Å²) in [5, 5.41) is 11.8. The Morgan fingerprint density at radius 3 is 2.52 bits per heavy atom. The smallest absolute Gasteiger partial charge is 0.302 e. The molecule has 5 fully saturated rings. The molecule has 176 valence electrons. The second-order valence-corrected chi connectivity index (χ2v) is 12.8. The first-order valence-corrected chi connectivity index (χ1v) is 13.1. The van der Waals surface area contributed by atoms with Gasteiger partial charge in [-0.2, -0.15) is 0 Å². The van der Waals surface area contributed by atoms with Crippen molar-refractivity contribution in [2.24, 2.45) is 51.8 Å². The number of hydrogen-bond donors (Lipinski definition) is 1. The third-order valence-electron chi connectivity index (χ3n) is 11.7. The molecule has 0 amide bonds. The fraction of sp³-hybridized carbons (Fsp3) is 0.963. The first-order chi connectivity index (χ1) is 14.6. The van der Waals surface area contributed by atoms with Crippen LogP contribution in [0, 0.1) is 51.8 Å². The monoisotopic (exact) mass is 432 g/mol. The van der Waals surface area contributed by atoms with Crippen LogP contribution in [0.15, 0.2) is 0 Å². The quantitative estimate of drug-likeness (QED) is 0.577. The number of rotatable bonds is 1. The van der Waals surface area contributed by atoms with Crippen molar-refractivity contribution in [2.45, 2.75) is 98.2 Å². The minimum atomic E-state index is -0.295. The number of ether oxygens (including phenoxy) is 2. The SMILES string of the molecule is CC(=O)OC1CC2C3(C)CCC4C(C)CCCC4(C)C3CC(O)C2(C)[C@H]2COCCC12. The molecule has 4 nitrogen and oxygen atoms in total. The molecule has 0 spiro atoms. The van der Waals surface area contributed by atoms with Crippen LogP contribution in [0.1, 0.15) is 86.0 Å². The number of carbonyl (C=O) groups excluding carboxylic acids is 1. The highest BCUT2D eigenvalue weighted by molar-refractivity contribution is 5.66. The highest BCUT2D eigenvalue weighted by atomic mass is 16.5. The van der Waals surface area contributed by atoms with Crippen LogP contribution in [-0.2, 0) is 14.3 Å². The lowest BCUT2D eigenvalue weighted by molar-refractivity contribution is -0.273. The first-order valence-electron chi connectivity index (χ1n) is 13.1. The molecule has 11 atom stereocenters.